The van der Waals surface area contributed by atoms with Crippen molar-refractivity contribution in [2.45, 2.75) is 72.5 Å². The zero-order valence-electron chi connectivity index (χ0n) is 15.7. The number of allylic oxidation sites excluding steroid dienone is 2. The molecule has 0 aromatic heterocycles. The Labute approximate surface area is 145 Å². The predicted molar refractivity (Wildman–Crippen MR) is 94.0 cm³/mol. The van der Waals surface area contributed by atoms with Crippen molar-refractivity contribution in [3.8, 4) is 0 Å². The fourth-order valence-corrected chi connectivity index (χ4v) is 2.06. The van der Waals surface area contributed by atoms with E-state index in [0.29, 0.717) is 12.8 Å². The molecule has 0 aromatic carbocycles. The summed E-state index contributed by atoms with van der Waals surface area (Å²) in [6.45, 7) is 14.1. The monoisotopic (exact) mass is 338 g/mol. The van der Waals surface area contributed by atoms with E-state index in [0.717, 1.165) is 17.6 Å². The van der Waals surface area contributed by atoms with Crippen LogP contribution in [0, 0.1) is 0 Å². The third-order valence-electron chi connectivity index (χ3n) is 3.27. The second-order valence-corrected chi connectivity index (χ2v) is 6.36. The maximum atomic E-state index is 11.2. The van der Waals surface area contributed by atoms with Crippen molar-refractivity contribution in [1.29, 1.82) is 0 Å². The van der Waals surface area contributed by atoms with Gasteiger partial charge in [-0.25, -0.2) is 4.79 Å². The molecule has 0 aromatic rings. The average molecular weight is 338 g/mol. The van der Waals surface area contributed by atoms with Gasteiger partial charge in [0.25, 0.3) is 0 Å². The van der Waals surface area contributed by atoms with Crippen LogP contribution in [0.15, 0.2) is 36.0 Å². The Kier molecular flexibility index (Phi) is 9.97. The second-order valence-electron chi connectivity index (χ2n) is 6.36. The van der Waals surface area contributed by atoms with E-state index in [2.05, 4.69) is 17.5 Å². The number of hydrogen-bond donors (Lipinski definition) is 0. The Morgan fingerprint density at radius 3 is 2.21 bits per heavy atom. The maximum absolute atomic E-state index is 11.2. The van der Waals surface area contributed by atoms with Crippen molar-refractivity contribution in [3.05, 3.63) is 36.0 Å². The van der Waals surface area contributed by atoms with Crippen LogP contribution in [0.2, 0.25) is 0 Å². The van der Waals surface area contributed by atoms with Crippen molar-refractivity contribution in [1.82, 2.24) is 0 Å². The average Bonchev–Trinajstić information content (AvgIpc) is 2.43. The largest absolute Gasteiger partial charge is 0.458 e. The lowest BCUT2D eigenvalue weighted by atomic mass is 9.98. The molecule has 0 saturated carbocycles. The Bertz CT molecular complexity index is 500. The number of esters is 1. The molecule has 0 aliphatic heterocycles. The van der Waals surface area contributed by atoms with Gasteiger partial charge in [0.2, 0.25) is 0 Å². The smallest absolute Gasteiger partial charge is 0.339 e. The van der Waals surface area contributed by atoms with E-state index >= 15 is 0 Å². The van der Waals surface area contributed by atoms with Gasteiger partial charge in [-0.15, -0.1) is 6.58 Å². The number of carbonyl (C=O) groups excluding carboxylic acids is 2. The van der Waals surface area contributed by atoms with Crippen molar-refractivity contribution in [2.75, 3.05) is 0 Å². The minimum absolute atomic E-state index is 0.258. The highest BCUT2D eigenvalue weighted by Crippen LogP contribution is 2.21. The first-order valence-electron chi connectivity index (χ1n) is 8.05. The molecule has 0 radical (unpaired) electrons. The van der Waals surface area contributed by atoms with Gasteiger partial charge in [0.15, 0.2) is 0 Å². The van der Waals surface area contributed by atoms with Gasteiger partial charge >= 0.3 is 11.9 Å². The molecule has 0 aliphatic carbocycles. The molecule has 2 unspecified atom stereocenters. The summed E-state index contributed by atoms with van der Waals surface area (Å²) in [7, 11) is 0. The Hall–Kier alpha value is -1.88. The van der Waals surface area contributed by atoms with Crippen LogP contribution < -0.4 is 0 Å². The van der Waals surface area contributed by atoms with E-state index in [-0.39, 0.29) is 12.1 Å². The summed E-state index contributed by atoms with van der Waals surface area (Å²) < 4.78 is 5.31. The highest BCUT2D eigenvalue weighted by molar-refractivity contribution is 5.66. The van der Waals surface area contributed by atoms with Crippen LogP contribution >= 0.6 is 0 Å². The lowest BCUT2D eigenvalue weighted by Crippen LogP contribution is -2.26. The molecule has 0 N–H and O–H groups in total. The highest BCUT2D eigenvalue weighted by atomic mass is 17.2. The van der Waals surface area contributed by atoms with Gasteiger partial charge in [-0.05, 0) is 46.6 Å². The number of rotatable bonds is 10. The zero-order valence-corrected chi connectivity index (χ0v) is 15.7. The van der Waals surface area contributed by atoms with Gasteiger partial charge < -0.3 is 4.74 Å². The summed E-state index contributed by atoms with van der Waals surface area (Å²) in [6, 6.07) is 0. The van der Waals surface area contributed by atoms with Gasteiger partial charge in [0.1, 0.15) is 11.7 Å². The van der Waals surface area contributed by atoms with Gasteiger partial charge in [-0.3, -0.25) is 9.68 Å². The molecule has 0 amide bonds. The second kappa shape index (κ2) is 10.8. The summed E-state index contributed by atoms with van der Waals surface area (Å²) >= 11 is 0. The van der Waals surface area contributed by atoms with Crippen LogP contribution in [0.25, 0.3) is 0 Å². The van der Waals surface area contributed by atoms with E-state index in [1.165, 1.54) is 13.8 Å². The minimum Gasteiger partial charge on any atom is -0.458 e. The van der Waals surface area contributed by atoms with Gasteiger partial charge in [-0.2, -0.15) is 4.89 Å². The summed E-state index contributed by atoms with van der Waals surface area (Å²) in [5.41, 5.74) is 1.47. The molecule has 0 fully saturated rings. The first-order valence-corrected chi connectivity index (χ1v) is 8.05. The van der Waals surface area contributed by atoms with E-state index in [1.807, 2.05) is 26.8 Å². The van der Waals surface area contributed by atoms with Crippen molar-refractivity contribution in [2.24, 2.45) is 0 Å². The lowest BCUT2D eigenvalue weighted by molar-refractivity contribution is -0.316. The molecule has 0 bridgehead atoms. The quantitative estimate of drug-likeness (QED) is 0.255. The van der Waals surface area contributed by atoms with Crippen LogP contribution in [0.5, 0.6) is 0 Å². The summed E-state index contributed by atoms with van der Waals surface area (Å²) in [5, 5.41) is 0. The first kappa shape index (κ1) is 22.1. The van der Waals surface area contributed by atoms with Crippen molar-refractivity contribution in [3.63, 3.8) is 0 Å². The van der Waals surface area contributed by atoms with Crippen LogP contribution in [-0.4, -0.2) is 23.6 Å². The van der Waals surface area contributed by atoms with Gasteiger partial charge in [-0.1, -0.05) is 23.3 Å². The Balaban J connectivity index is 4.65. The van der Waals surface area contributed by atoms with E-state index in [4.69, 9.17) is 9.62 Å². The number of hydrogen-bond acceptors (Lipinski definition) is 5. The molecule has 136 valence electrons. The summed E-state index contributed by atoms with van der Waals surface area (Å²) in [6.07, 6.45) is 7.33. The fraction of sp³-hybridized carbons (Fsp3) is 0.579. The van der Waals surface area contributed by atoms with Crippen LogP contribution in [0.1, 0.15) is 60.8 Å². The SMILES string of the molecule is C=CC(C)(CC/C=C(\C)CC(C=C(C)C)OC(C)=O)OOC(C)=O. The molecule has 0 spiro atoms. The molecule has 0 heterocycles. The fourth-order valence-electron chi connectivity index (χ4n) is 2.06. The van der Waals surface area contributed by atoms with E-state index in [1.54, 1.807) is 13.0 Å². The zero-order chi connectivity index (χ0) is 18.8. The molecule has 24 heavy (non-hydrogen) atoms. The minimum atomic E-state index is -0.738. The Morgan fingerprint density at radius 1 is 1.12 bits per heavy atom. The highest BCUT2D eigenvalue weighted by Gasteiger charge is 2.23. The van der Waals surface area contributed by atoms with Gasteiger partial charge in [0.05, 0.1) is 0 Å². The van der Waals surface area contributed by atoms with Crippen LogP contribution in [-0.2, 0) is 24.1 Å². The maximum Gasteiger partial charge on any atom is 0.339 e. The molecule has 5 heteroatoms. The van der Waals surface area contributed by atoms with Crippen molar-refractivity contribution >= 4 is 11.9 Å². The lowest BCUT2D eigenvalue weighted by Gasteiger charge is -2.23. The van der Waals surface area contributed by atoms with Crippen LogP contribution in [0.3, 0.4) is 0 Å². The predicted octanol–water partition coefficient (Wildman–Crippen LogP) is 4.44. The third-order valence-corrected chi connectivity index (χ3v) is 3.27. The van der Waals surface area contributed by atoms with Crippen molar-refractivity contribution < 1.29 is 24.1 Å². The molecular weight excluding hydrogens is 308 g/mol. The summed E-state index contributed by atoms with van der Waals surface area (Å²) in [4.78, 5) is 31.8. The molecule has 0 aliphatic rings. The molecular formula is C19H30O5. The molecule has 5 nitrogen and oxygen atoms in total. The number of carbonyl (C=O) groups is 2. The van der Waals surface area contributed by atoms with Crippen LogP contribution in [0.4, 0.5) is 0 Å². The molecule has 0 saturated heterocycles. The molecule has 2 atom stereocenters. The topological polar surface area (TPSA) is 61.8 Å². The summed E-state index contributed by atoms with van der Waals surface area (Å²) in [5.74, 6) is -0.792. The van der Waals surface area contributed by atoms with E-state index < -0.39 is 11.6 Å². The van der Waals surface area contributed by atoms with Gasteiger partial charge in [0, 0.05) is 20.3 Å². The third kappa shape index (κ3) is 10.8. The standard InChI is InChI=1S/C19H30O5/c1-8-19(7,24-23-17(6)21)11-9-10-15(4)13-18(12-14(2)3)22-16(5)20/h8,10,12,18H,1,9,11,13H2,2-7H3/b15-10+. The van der Waals surface area contributed by atoms with E-state index in [9.17, 15) is 9.59 Å². The normalized spacial score (nSPS) is 15.0. The molecule has 0 rings (SSSR count). The first-order chi connectivity index (χ1) is 11.1. The Morgan fingerprint density at radius 2 is 1.75 bits per heavy atom. The number of ether oxygens (including phenoxy) is 1.